The Hall–Kier alpha value is -0.900. The van der Waals surface area contributed by atoms with Crippen LogP contribution < -0.4 is 0 Å². The van der Waals surface area contributed by atoms with Crippen LogP contribution in [-0.4, -0.2) is 26.0 Å². The first-order valence-corrected chi connectivity index (χ1v) is 4.75. The van der Waals surface area contributed by atoms with Gasteiger partial charge in [0.25, 0.3) is 0 Å². The molecule has 4 nitrogen and oxygen atoms in total. The molecule has 1 aromatic rings. The molecule has 13 heavy (non-hydrogen) atoms. The van der Waals surface area contributed by atoms with Gasteiger partial charge in [-0.3, -0.25) is 4.68 Å². The van der Waals surface area contributed by atoms with Crippen molar-refractivity contribution in [1.82, 2.24) is 14.8 Å². The molecule has 1 unspecified atom stereocenters. The minimum absolute atomic E-state index is 0.275. The van der Waals surface area contributed by atoms with E-state index in [1.54, 1.807) is 4.68 Å². The summed E-state index contributed by atoms with van der Waals surface area (Å²) in [6.07, 6.45) is 4.89. The molecule has 0 fully saturated rings. The van der Waals surface area contributed by atoms with Gasteiger partial charge in [-0.05, 0) is 6.42 Å². The molecule has 0 radical (unpaired) electrons. The summed E-state index contributed by atoms with van der Waals surface area (Å²) in [7, 11) is 1.84. The van der Waals surface area contributed by atoms with Crippen LogP contribution in [0.3, 0.4) is 0 Å². The number of unbranched alkanes of at least 4 members (excludes halogenated alkanes) is 1. The molecule has 0 spiro atoms. The van der Waals surface area contributed by atoms with Crippen molar-refractivity contribution in [1.29, 1.82) is 0 Å². The number of aryl methyl sites for hydroxylation is 1. The molecule has 0 amide bonds. The van der Waals surface area contributed by atoms with Gasteiger partial charge < -0.3 is 5.11 Å². The van der Waals surface area contributed by atoms with Gasteiger partial charge in [0.05, 0.1) is 6.10 Å². The molecule has 0 aromatic carbocycles. The first-order chi connectivity index (χ1) is 6.24. The summed E-state index contributed by atoms with van der Waals surface area (Å²) in [5.41, 5.74) is 0. The van der Waals surface area contributed by atoms with Crippen molar-refractivity contribution >= 4 is 0 Å². The van der Waals surface area contributed by atoms with E-state index in [2.05, 4.69) is 17.0 Å². The monoisotopic (exact) mass is 183 g/mol. The van der Waals surface area contributed by atoms with Gasteiger partial charge in [0.15, 0.2) is 0 Å². The van der Waals surface area contributed by atoms with Crippen LogP contribution in [0, 0.1) is 0 Å². The van der Waals surface area contributed by atoms with Gasteiger partial charge in [0.2, 0.25) is 0 Å². The summed E-state index contributed by atoms with van der Waals surface area (Å²) >= 11 is 0. The topological polar surface area (TPSA) is 50.9 Å². The number of hydrogen-bond donors (Lipinski definition) is 1. The van der Waals surface area contributed by atoms with Gasteiger partial charge >= 0.3 is 0 Å². The van der Waals surface area contributed by atoms with Crippen LogP contribution in [0.25, 0.3) is 0 Å². The van der Waals surface area contributed by atoms with Crippen LogP contribution in [0.2, 0.25) is 0 Å². The molecule has 0 aliphatic carbocycles. The number of aromatic nitrogens is 3. The maximum absolute atomic E-state index is 9.60. The lowest BCUT2D eigenvalue weighted by Crippen LogP contribution is -2.13. The second kappa shape index (κ2) is 4.97. The molecule has 0 bridgehead atoms. The first kappa shape index (κ1) is 10.2. The third-order valence-electron chi connectivity index (χ3n) is 2.11. The Balaban J connectivity index is 2.36. The van der Waals surface area contributed by atoms with E-state index in [4.69, 9.17) is 0 Å². The van der Waals surface area contributed by atoms with Gasteiger partial charge in [-0.1, -0.05) is 19.8 Å². The summed E-state index contributed by atoms with van der Waals surface area (Å²) in [6.45, 7) is 2.12. The Morgan fingerprint density at radius 2 is 2.38 bits per heavy atom. The highest BCUT2D eigenvalue weighted by molar-refractivity contribution is 4.86. The van der Waals surface area contributed by atoms with Crippen molar-refractivity contribution in [3.8, 4) is 0 Å². The molecule has 1 aromatic heterocycles. The zero-order valence-electron chi connectivity index (χ0n) is 8.27. The van der Waals surface area contributed by atoms with Crippen LogP contribution >= 0.6 is 0 Å². The number of hydrogen-bond acceptors (Lipinski definition) is 3. The van der Waals surface area contributed by atoms with E-state index in [9.17, 15) is 5.11 Å². The predicted octanol–water partition coefficient (Wildman–Crippen LogP) is 0.909. The summed E-state index contributed by atoms with van der Waals surface area (Å²) in [4.78, 5) is 4.06. The van der Waals surface area contributed by atoms with E-state index in [0.29, 0.717) is 6.42 Å². The Labute approximate surface area is 78.6 Å². The zero-order valence-corrected chi connectivity index (χ0v) is 8.27. The smallest absolute Gasteiger partial charge is 0.138 e. The first-order valence-electron chi connectivity index (χ1n) is 4.75. The lowest BCUT2D eigenvalue weighted by Gasteiger charge is -2.08. The maximum atomic E-state index is 9.60. The van der Waals surface area contributed by atoms with E-state index in [0.717, 1.165) is 25.1 Å². The van der Waals surface area contributed by atoms with Crippen molar-refractivity contribution in [3.05, 3.63) is 12.2 Å². The molecule has 74 valence electrons. The molecule has 1 rings (SSSR count). The van der Waals surface area contributed by atoms with Crippen molar-refractivity contribution in [2.24, 2.45) is 7.05 Å². The molecule has 1 atom stereocenters. The van der Waals surface area contributed by atoms with E-state index in [1.165, 1.54) is 6.33 Å². The molecule has 0 saturated carbocycles. The van der Waals surface area contributed by atoms with Crippen LogP contribution in [-0.2, 0) is 13.5 Å². The van der Waals surface area contributed by atoms with Gasteiger partial charge in [0.1, 0.15) is 12.2 Å². The van der Waals surface area contributed by atoms with Crippen molar-refractivity contribution in [3.63, 3.8) is 0 Å². The molecule has 1 N–H and O–H groups in total. The summed E-state index contributed by atoms with van der Waals surface area (Å²) in [5.74, 6) is 0.851. The second-order valence-electron chi connectivity index (χ2n) is 3.30. The van der Waals surface area contributed by atoms with Crippen LogP contribution in [0.4, 0.5) is 0 Å². The average Bonchev–Trinajstić information content (AvgIpc) is 2.48. The molecular weight excluding hydrogens is 166 g/mol. The minimum Gasteiger partial charge on any atom is -0.393 e. The lowest BCUT2D eigenvalue weighted by atomic mass is 10.1. The van der Waals surface area contributed by atoms with E-state index >= 15 is 0 Å². The molecule has 1 heterocycles. The Bertz CT molecular complexity index is 247. The zero-order chi connectivity index (χ0) is 9.68. The fraction of sp³-hybridized carbons (Fsp3) is 0.778. The normalized spacial score (nSPS) is 13.2. The molecule has 0 aliphatic rings. The fourth-order valence-corrected chi connectivity index (χ4v) is 1.26. The highest BCUT2D eigenvalue weighted by atomic mass is 16.3. The molecular formula is C9H17N3O. The largest absolute Gasteiger partial charge is 0.393 e. The predicted molar refractivity (Wildman–Crippen MR) is 50.2 cm³/mol. The van der Waals surface area contributed by atoms with Crippen molar-refractivity contribution in [2.45, 2.75) is 38.7 Å². The summed E-state index contributed by atoms with van der Waals surface area (Å²) in [6, 6.07) is 0. The third kappa shape index (κ3) is 3.14. The van der Waals surface area contributed by atoms with Crippen LogP contribution in [0.5, 0.6) is 0 Å². The highest BCUT2D eigenvalue weighted by Gasteiger charge is 2.08. The number of aliphatic hydroxyl groups excluding tert-OH is 1. The quantitative estimate of drug-likeness (QED) is 0.738. The summed E-state index contributed by atoms with van der Waals surface area (Å²) in [5, 5.41) is 13.5. The molecule has 0 saturated heterocycles. The van der Waals surface area contributed by atoms with E-state index in [-0.39, 0.29) is 6.10 Å². The third-order valence-corrected chi connectivity index (χ3v) is 2.11. The number of nitrogens with zero attached hydrogens (tertiary/aromatic N) is 3. The highest BCUT2D eigenvalue weighted by Crippen LogP contribution is 2.05. The Morgan fingerprint density at radius 3 is 2.92 bits per heavy atom. The SMILES string of the molecule is CCCCC(O)Cc1ncnn1C. The number of aliphatic hydroxyl groups is 1. The maximum Gasteiger partial charge on any atom is 0.138 e. The summed E-state index contributed by atoms with van der Waals surface area (Å²) < 4.78 is 1.70. The number of rotatable bonds is 5. The van der Waals surface area contributed by atoms with E-state index in [1.807, 2.05) is 7.05 Å². The van der Waals surface area contributed by atoms with Gasteiger partial charge in [-0.25, -0.2) is 4.98 Å². The Kier molecular flexibility index (Phi) is 3.89. The van der Waals surface area contributed by atoms with Gasteiger partial charge in [-0.15, -0.1) is 0 Å². The minimum atomic E-state index is -0.275. The Morgan fingerprint density at radius 1 is 1.62 bits per heavy atom. The molecule has 4 heteroatoms. The van der Waals surface area contributed by atoms with Crippen LogP contribution in [0.1, 0.15) is 32.0 Å². The fourth-order valence-electron chi connectivity index (χ4n) is 1.26. The molecule has 0 aliphatic heterocycles. The van der Waals surface area contributed by atoms with Gasteiger partial charge in [0, 0.05) is 13.5 Å². The van der Waals surface area contributed by atoms with E-state index < -0.39 is 0 Å². The van der Waals surface area contributed by atoms with Crippen molar-refractivity contribution < 1.29 is 5.11 Å². The second-order valence-corrected chi connectivity index (χ2v) is 3.30. The van der Waals surface area contributed by atoms with Crippen LogP contribution in [0.15, 0.2) is 6.33 Å². The lowest BCUT2D eigenvalue weighted by molar-refractivity contribution is 0.158. The standard InChI is InChI=1S/C9H17N3O/c1-3-4-5-8(13)6-9-10-7-11-12(9)2/h7-8,13H,3-6H2,1-2H3. The average molecular weight is 183 g/mol. The van der Waals surface area contributed by atoms with Gasteiger partial charge in [-0.2, -0.15) is 5.10 Å². The van der Waals surface area contributed by atoms with Crippen molar-refractivity contribution in [2.75, 3.05) is 0 Å².